The summed E-state index contributed by atoms with van der Waals surface area (Å²) in [5, 5.41) is 14.3. The predicted molar refractivity (Wildman–Crippen MR) is 121 cm³/mol. The van der Waals surface area contributed by atoms with E-state index in [0.29, 0.717) is 51.0 Å². The Bertz CT molecular complexity index is 960. The molecule has 0 saturated carbocycles. The van der Waals surface area contributed by atoms with Crippen LogP contribution >= 0.6 is 0 Å². The van der Waals surface area contributed by atoms with Crippen LogP contribution in [0.25, 0.3) is 0 Å². The molecule has 1 aliphatic heterocycles. The van der Waals surface area contributed by atoms with Crippen molar-refractivity contribution in [3.8, 4) is 0 Å². The lowest BCUT2D eigenvalue weighted by atomic mass is 10.1. The maximum Gasteiger partial charge on any atom is 0.538 e. The van der Waals surface area contributed by atoms with E-state index in [9.17, 15) is 9.59 Å². The minimum Gasteiger partial charge on any atom is -0.563 e. The van der Waals surface area contributed by atoms with Gasteiger partial charge in [-0.2, -0.15) is 4.98 Å². The summed E-state index contributed by atoms with van der Waals surface area (Å²) in [6.45, 7) is 0.764. The summed E-state index contributed by atoms with van der Waals surface area (Å²) in [4.78, 5) is 34.2. The lowest BCUT2D eigenvalue weighted by Crippen LogP contribution is -2.47. The fraction of sp³-hybridized carbons (Fsp3) is 0.476. The molecule has 0 spiro atoms. The van der Waals surface area contributed by atoms with Crippen LogP contribution in [0.4, 0.5) is 4.79 Å². The Morgan fingerprint density at radius 1 is 1.30 bits per heavy atom. The molecule has 0 bridgehead atoms. The number of nitrogens with one attached hydrogen (secondary N) is 1. The third-order valence-electron chi connectivity index (χ3n) is 5.44. The second kappa shape index (κ2) is 11.3. The molecule has 2 aromatic rings. The van der Waals surface area contributed by atoms with Gasteiger partial charge in [0.15, 0.2) is 17.8 Å². The SMILES string of the molecule is NC(N)=NCCC[C@H](NC(=O)N1CCCC1C(=O)[OH2+])c1nc([C@@H](N)Cc2ccccc2)no1. The number of urea groups is 1. The zero-order valence-corrected chi connectivity index (χ0v) is 18.3. The molecule has 12 heteroatoms. The van der Waals surface area contributed by atoms with Gasteiger partial charge in [-0.05, 0) is 37.7 Å². The quantitative estimate of drug-likeness (QED) is 0.162. The highest BCUT2D eigenvalue weighted by molar-refractivity contribution is 5.83. The van der Waals surface area contributed by atoms with Crippen LogP contribution in [0, 0.1) is 0 Å². The molecule has 12 nitrogen and oxygen atoms in total. The van der Waals surface area contributed by atoms with Crippen molar-refractivity contribution in [2.24, 2.45) is 22.2 Å². The van der Waals surface area contributed by atoms with E-state index in [0.717, 1.165) is 5.56 Å². The molecule has 3 rings (SSSR count). The number of hydrogen-bond acceptors (Lipinski definition) is 7. The summed E-state index contributed by atoms with van der Waals surface area (Å²) in [6.07, 6.45) is 2.63. The van der Waals surface area contributed by atoms with Crippen molar-refractivity contribution in [2.75, 3.05) is 13.1 Å². The first-order chi connectivity index (χ1) is 15.8. The fourth-order valence-corrected chi connectivity index (χ4v) is 3.77. The van der Waals surface area contributed by atoms with E-state index >= 15 is 0 Å². The Balaban J connectivity index is 1.71. The van der Waals surface area contributed by atoms with Gasteiger partial charge in [0.25, 0.3) is 0 Å². The number of aliphatic imine (C=N–C) groups is 1. The van der Waals surface area contributed by atoms with Gasteiger partial charge in [0.2, 0.25) is 5.89 Å². The number of aromatic nitrogens is 2. The lowest BCUT2D eigenvalue weighted by molar-refractivity contribution is -0.141. The molecule has 1 aromatic heterocycles. The number of benzene rings is 1. The molecule has 1 aliphatic rings. The molecule has 9 N–H and O–H groups in total. The first-order valence-electron chi connectivity index (χ1n) is 10.9. The minimum absolute atomic E-state index is 0.0172. The largest absolute Gasteiger partial charge is 0.563 e. The third kappa shape index (κ3) is 6.65. The molecule has 0 aliphatic carbocycles. The van der Waals surface area contributed by atoms with Gasteiger partial charge in [-0.25, -0.2) is 4.79 Å². The molecule has 0 radical (unpaired) electrons. The summed E-state index contributed by atoms with van der Waals surface area (Å²) in [6, 6.07) is 7.41. The second-order valence-electron chi connectivity index (χ2n) is 7.95. The van der Waals surface area contributed by atoms with E-state index in [2.05, 4.69) is 20.4 Å². The van der Waals surface area contributed by atoms with Crippen LogP contribution in [0.2, 0.25) is 0 Å². The molecule has 178 valence electrons. The van der Waals surface area contributed by atoms with E-state index in [1.807, 2.05) is 30.3 Å². The Morgan fingerprint density at radius 3 is 2.76 bits per heavy atom. The number of hydrogen-bond donors (Lipinski definition) is 4. The van der Waals surface area contributed by atoms with Crippen molar-refractivity contribution >= 4 is 18.0 Å². The van der Waals surface area contributed by atoms with Crippen molar-refractivity contribution in [2.45, 2.75) is 50.2 Å². The number of likely N-dealkylation sites (tertiary alicyclic amines) is 1. The average Bonchev–Trinajstić information content (AvgIpc) is 3.46. The van der Waals surface area contributed by atoms with Gasteiger partial charge in [-0.15, -0.1) is 0 Å². The minimum atomic E-state index is -0.779. The Labute approximate surface area is 191 Å². The number of amides is 2. The Kier molecular flexibility index (Phi) is 8.19. The summed E-state index contributed by atoms with van der Waals surface area (Å²) < 4.78 is 5.44. The summed E-state index contributed by atoms with van der Waals surface area (Å²) >= 11 is 0. The monoisotopic (exact) mass is 459 g/mol. The molecule has 2 amide bonds. The van der Waals surface area contributed by atoms with Crippen molar-refractivity contribution < 1.29 is 19.2 Å². The average molecular weight is 460 g/mol. The number of rotatable bonds is 10. The van der Waals surface area contributed by atoms with Gasteiger partial charge >= 0.3 is 12.0 Å². The van der Waals surface area contributed by atoms with Gasteiger partial charge < -0.3 is 37.0 Å². The van der Waals surface area contributed by atoms with Crippen LogP contribution < -0.4 is 22.5 Å². The molecular formula is C21H31N8O4+. The van der Waals surface area contributed by atoms with Crippen LogP contribution in [0.15, 0.2) is 39.8 Å². The van der Waals surface area contributed by atoms with E-state index in [1.54, 1.807) is 0 Å². The summed E-state index contributed by atoms with van der Waals surface area (Å²) in [5.41, 5.74) is 18.1. The highest BCUT2D eigenvalue weighted by Gasteiger charge is 2.39. The van der Waals surface area contributed by atoms with Crippen LogP contribution in [-0.4, -0.2) is 57.2 Å². The summed E-state index contributed by atoms with van der Waals surface area (Å²) in [7, 11) is 0. The molecule has 1 fully saturated rings. The van der Waals surface area contributed by atoms with Crippen molar-refractivity contribution in [1.82, 2.24) is 20.4 Å². The molecular weight excluding hydrogens is 428 g/mol. The molecule has 33 heavy (non-hydrogen) atoms. The van der Waals surface area contributed by atoms with E-state index in [-0.39, 0.29) is 11.9 Å². The maximum atomic E-state index is 12.9. The fourth-order valence-electron chi connectivity index (χ4n) is 3.77. The standard InChI is InChI=1S/C21H30N8O4/c22-14(12-13-6-2-1-3-7-13)17-27-18(33-28-17)15(8-4-10-25-20(23)24)26-21(32)29-11-5-9-16(29)19(30)31/h1-3,6-7,14-16H,4-5,8-12,22H2,(H,26,32)(H,30,31)(H4,23,24,25)/p+1/t14-,15-,16?/m0/s1. The first kappa shape index (κ1) is 24.0. The number of guanidine groups is 1. The van der Waals surface area contributed by atoms with E-state index < -0.39 is 30.1 Å². The van der Waals surface area contributed by atoms with Gasteiger partial charge in [-0.3, -0.25) is 4.99 Å². The normalized spacial score (nSPS) is 17.4. The van der Waals surface area contributed by atoms with Crippen LogP contribution in [0.3, 0.4) is 0 Å². The highest BCUT2D eigenvalue weighted by Crippen LogP contribution is 2.23. The van der Waals surface area contributed by atoms with Crippen molar-refractivity contribution in [3.05, 3.63) is 47.6 Å². The first-order valence-corrected chi connectivity index (χ1v) is 10.9. The Hall–Kier alpha value is -3.67. The lowest BCUT2D eigenvalue weighted by Gasteiger charge is -2.23. The molecule has 3 atom stereocenters. The second-order valence-corrected chi connectivity index (χ2v) is 7.95. The molecule has 1 saturated heterocycles. The molecule has 2 heterocycles. The van der Waals surface area contributed by atoms with Crippen molar-refractivity contribution in [3.63, 3.8) is 0 Å². The zero-order valence-electron chi connectivity index (χ0n) is 18.3. The van der Waals surface area contributed by atoms with Gasteiger partial charge in [0.1, 0.15) is 6.04 Å². The molecule has 1 unspecified atom stereocenters. The number of nitrogens with two attached hydrogens (primary N) is 3. The Morgan fingerprint density at radius 2 is 2.06 bits per heavy atom. The van der Waals surface area contributed by atoms with Gasteiger partial charge in [-0.1, -0.05) is 35.5 Å². The summed E-state index contributed by atoms with van der Waals surface area (Å²) in [5.74, 6) is -0.257. The van der Waals surface area contributed by atoms with Crippen molar-refractivity contribution in [1.29, 1.82) is 0 Å². The highest BCUT2D eigenvalue weighted by atomic mass is 16.5. The maximum absolute atomic E-state index is 12.9. The van der Waals surface area contributed by atoms with E-state index in [1.165, 1.54) is 4.90 Å². The topological polar surface area (TPSA) is 202 Å². The number of carbonyl (C=O) groups excluding carboxylic acids is 2. The van der Waals surface area contributed by atoms with Crippen LogP contribution in [0.1, 0.15) is 55.0 Å². The van der Waals surface area contributed by atoms with Gasteiger partial charge in [0.05, 0.1) is 6.04 Å². The zero-order chi connectivity index (χ0) is 23.8. The smallest absolute Gasteiger partial charge is 0.538 e. The molecule has 1 aromatic carbocycles. The predicted octanol–water partition coefficient (Wildman–Crippen LogP) is -0.168. The van der Waals surface area contributed by atoms with Crippen LogP contribution in [0.5, 0.6) is 0 Å². The van der Waals surface area contributed by atoms with Crippen LogP contribution in [-0.2, 0) is 11.2 Å². The number of carbonyl (C=O) groups is 2. The van der Waals surface area contributed by atoms with Gasteiger partial charge in [0, 0.05) is 17.9 Å². The van der Waals surface area contributed by atoms with E-state index in [4.69, 9.17) is 26.8 Å². The number of nitrogens with zero attached hydrogens (tertiary/aromatic N) is 4. The third-order valence-corrected chi connectivity index (χ3v) is 5.44.